The third-order valence-corrected chi connectivity index (χ3v) is 2.64. The van der Waals surface area contributed by atoms with E-state index in [1.165, 1.54) is 0 Å². The Morgan fingerprint density at radius 1 is 1.56 bits per heavy atom. The van der Waals surface area contributed by atoms with E-state index in [4.69, 9.17) is 11.2 Å². The highest BCUT2D eigenvalue weighted by Gasteiger charge is 2.09. The Morgan fingerprint density at radius 3 is 2.94 bits per heavy atom. The van der Waals surface area contributed by atoms with Crippen molar-refractivity contribution in [2.75, 3.05) is 6.61 Å². The molecule has 1 N–H and O–H groups in total. The van der Waals surface area contributed by atoms with E-state index in [1.807, 2.05) is 18.2 Å². The van der Waals surface area contributed by atoms with E-state index in [1.54, 1.807) is 6.92 Å². The first-order valence-electron chi connectivity index (χ1n) is 5.19. The molecule has 0 radical (unpaired) electrons. The number of halogens is 1. The molecule has 0 saturated carbocycles. The van der Waals surface area contributed by atoms with Crippen LogP contribution in [-0.4, -0.2) is 11.7 Å². The van der Waals surface area contributed by atoms with Crippen LogP contribution in [0.5, 0.6) is 5.75 Å². The van der Waals surface area contributed by atoms with Crippen molar-refractivity contribution in [1.29, 1.82) is 0 Å². The van der Waals surface area contributed by atoms with Crippen molar-refractivity contribution in [2.45, 2.75) is 25.9 Å². The summed E-state index contributed by atoms with van der Waals surface area (Å²) >= 11 is 3.37. The second-order valence-corrected chi connectivity index (χ2v) is 4.43. The largest absolute Gasteiger partial charge is 0.493 e. The lowest BCUT2D eigenvalue weighted by Crippen LogP contribution is -2.02. The Bertz CT molecular complexity index is 380. The van der Waals surface area contributed by atoms with E-state index in [0.29, 0.717) is 18.8 Å². The molecular weight excluding hydrogens is 268 g/mol. The summed E-state index contributed by atoms with van der Waals surface area (Å²) in [6.07, 6.45) is 6.15. The van der Waals surface area contributed by atoms with Crippen molar-refractivity contribution in [2.24, 2.45) is 0 Å². The van der Waals surface area contributed by atoms with Gasteiger partial charge in [-0.1, -0.05) is 22.0 Å². The monoisotopic (exact) mass is 282 g/mol. The van der Waals surface area contributed by atoms with Crippen molar-refractivity contribution >= 4 is 15.9 Å². The molecular formula is C13H15BrO2. The van der Waals surface area contributed by atoms with Crippen LogP contribution in [-0.2, 0) is 0 Å². The van der Waals surface area contributed by atoms with E-state index < -0.39 is 6.10 Å². The van der Waals surface area contributed by atoms with Crippen molar-refractivity contribution < 1.29 is 9.84 Å². The van der Waals surface area contributed by atoms with Crippen LogP contribution in [0.3, 0.4) is 0 Å². The van der Waals surface area contributed by atoms with E-state index >= 15 is 0 Å². The van der Waals surface area contributed by atoms with Crippen LogP contribution in [0.15, 0.2) is 22.7 Å². The fraction of sp³-hybridized carbons (Fsp3) is 0.385. The molecule has 1 rings (SSSR count). The number of terminal acetylenes is 1. The fourth-order valence-corrected chi connectivity index (χ4v) is 1.67. The van der Waals surface area contributed by atoms with Gasteiger partial charge in [0.1, 0.15) is 5.75 Å². The van der Waals surface area contributed by atoms with Gasteiger partial charge in [0, 0.05) is 16.5 Å². The molecule has 3 heteroatoms. The summed E-state index contributed by atoms with van der Waals surface area (Å²) in [4.78, 5) is 0. The SMILES string of the molecule is C#CCCCOc1cc(Br)ccc1[C@@H](C)O. The molecule has 0 heterocycles. The highest BCUT2D eigenvalue weighted by atomic mass is 79.9. The maximum atomic E-state index is 9.57. The number of ether oxygens (including phenoxy) is 1. The third-order valence-electron chi connectivity index (χ3n) is 2.15. The smallest absolute Gasteiger partial charge is 0.126 e. The quantitative estimate of drug-likeness (QED) is 0.663. The van der Waals surface area contributed by atoms with Gasteiger partial charge in [0.05, 0.1) is 12.7 Å². The normalized spacial score (nSPS) is 11.9. The zero-order valence-electron chi connectivity index (χ0n) is 9.24. The summed E-state index contributed by atoms with van der Waals surface area (Å²) in [5.41, 5.74) is 0.795. The molecule has 1 atom stereocenters. The summed E-state index contributed by atoms with van der Waals surface area (Å²) in [5.74, 6) is 3.27. The molecule has 2 nitrogen and oxygen atoms in total. The maximum absolute atomic E-state index is 9.57. The van der Waals surface area contributed by atoms with Gasteiger partial charge in [-0.3, -0.25) is 0 Å². The van der Waals surface area contributed by atoms with Gasteiger partial charge in [0.2, 0.25) is 0 Å². The topological polar surface area (TPSA) is 29.5 Å². The number of rotatable bonds is 5. The molecule has 16 heavy (non-hydrogen) atoms. The minimum absolute atomic E-state index is 0.532. The highest BCUT2D eigenvalue weighted by Crippen LogP contribution is 2.28. The molecule has 0 fully saturated rings. The number of aliphatic hydroxyl groups is 1. The van der Waals surface area contributed by atoms with Crippen LogP contribution >= 0.6 is 15.9 Å². The average Bonchev–Trinajstić information content (AvgIpc) is 2.24. The maximum Gasteiger partial charge on any atom is 0.126 e. The Morgan fingerprint density at radius 2 is 2.31 bits per heavy atom. The first kappa shape index (κ1) is 13.1. The van der Waals surface area contributed by atoms with Crippen LogP contribution in [0.25, 0.3) is 0 Å². The molecule has 86 valence electrons. The van der Waals surface area contributed by atoms with Gasteiger partial charge in [0.15, 0.2) is 0 Å². The first-order valence-corrected chi connectivity index (χ1v) is 5.98. The Balaban J connectivity index is 2.69. The van der Waals surface area contributed by atoms with Crippen LogP contribution in [0, 0.1) is 12.3 Å². The zero-order chi connectivity index (χ0) is 12.0. The van der Waals surface area contributed by atoms with Gasteiger partial charge in [-0.15, -0.1) is 12.3 Å². The molecule has 0 amide bonds. The molecule has 0 aliphatic heterocycles. The number of hydrogen-bond acceptors (Lipinski definition) is 2. The Labute approximate surface area is 105 Å². The predicted molar refractivity (Wildman–Crippen MR) is 68.3 cm³/mol. The molecule has 0 aromatic heterocycles. The van der Waals surface area contributed by atoms with Gasteiger partial charge >= 0.3 is 0 Å². The van der Waals surface area contributed by atoms with Crippen LogP contribution in [0.4, 0.5) is 0 Å². The Kier molecular flexibility index (Phi) is 5.37. The molecule has 0 saturated heterocycles. The minimum Gasteiger partial charge on any atom is -0.493 e. The number of aliphatic hydroxyl groups excluding tert-OH is 1. The van der Waals surface area contributed by atoms with Crippen molar-refractivity contribution in [1.82, 2.24) is 0 Å². The lowest BCUT2D eigenvalue weighted by molar-refractivity contribution is 0.191. The van der Waals surface area contributed by atoms with Crippen molar-refractivity contribution in [3.63, 3.8) is 0 Å². The van der Waals surface area contributed by atoms with Crippen LogP contribution < -0.4 is 4.74 Å². The number of unbranched alkanes of at least 4 members (excludes halogenated alkanes) is 1. The van der Waals surface area contributed by atoms with E-state index in [-0.39, 0.29) is 0 Å². The van der Waals surface area contributed by atoms with Gasteiger partial charge in [0.25, 0.3) is 0 Å². The summed E-state index contributed by atoms with van der Waals surface area (Å²) in [6.45, 7) is 2.29. The molecule has 0 bridgehead atoms. The molecule has 0 aliphatic carbocycles. The fourth-order valence-electron chi connectivity index (χ4n) is 1.33. The summed E-state index contributed by atoms with van der Waals surface area (Å²) in [7, 11) is 0. The van der Waals surface area contributed by atoms with E-state index in [9.17, 15) is 5.11 Å². The van der Waals surface area contributed by atoms with Gasteiger partial charge < -0.3 is 9.84 Å². The third kappa shape index (κ3) is 3.88. The molecule has 0 unspecified atom stereocenters. The van der Waals surface area contributed by atoms with Crippen molar-refractivity contribution in [3.8, 4) is 18.1 Å². The molecule has 0 spiro atoms. The van der Waals surface area contributed by atoms with Gasteiger partial charge in [-0.2, -0.15) is 0 Å². The second-order valence-electron chi connectivity index (χ2n) is 3.51. The van der Waals surface area contributed by atoms with Crippen molar-refractivity contribution in [3.05, 3.63) is 28.2 Å². The first-order chi connectivity index (χ1) is 7.65. The average molecular weight is 283 g/mol. The molecule has 1 aromatic rings. The molecule has 0 aliphatic rings. The predicted octanol–water partition coefficient (Wildman–Crippen LogP) is 3.29. The van der Waals surface area contributed by atoms with Gasteiger partial charge in [-0.05, 0) is 25.5 Å². The zero-order valence-corrected chi connectivity index (χ0v) is 10.8. The van der Waals surface area contributed by atoms with Crippen LogP contribution in [0.2, 0.25) is 0 Å². The second kappa shape index (κ2) is 6.57. The lowest BCUT2D eigenvalue weighted by atomic mass is 10.1. The Hall–Kier alpha value is -0.980. The van der Waals surface area contributed by atoms with E-state index in [2.05, 4.69) is 21.9 Å². The molecule has 1 aromatic carbocycles. The van der Waals surface area contributed by atoms with Gasteiger partial charge in [-0.25, -0.2) is 0 Å². The number of hydrogen-bond donors (Lipinski definition) is 1. The summed E-state index contributed by atoms with van der Waals surface area (Å²) in [6, 6.07) is 5.60. The highest BCUT2D eigenvalue weighted by molar-refractivity contribution is 9.10. The minimum atomic E-state index is -0.532. The summed E-state index contributed by atoms with van der Waals surface area (Å²) in [5, 5.41) is 9.57. The summed E-state index contributed by atoms with van der Waals surface area (Å²) < 4.78 is 6.53. The van der Waals surface area contributed by atoms with Crippen LogP contribution in [0.1, 0.15) is 31.4 Å². The van der Waals surface area contributed by atoms with E-state index in [0.717, 1.165) is 16.5 Å². The standard InChI is InChI=1S/C13H15BrO2/c1-3-4-5-8-16-13-9-11(14)6-7-12(13)10(2)15/h1,6-7,9-10,15H,4-5,8H2,2H3/t10-/m1/s1. The lowest BCUT2D eigenvalue weighted by Gasteiger charge is -2.13. The number of benzene rings is 1.